The molecule has 2 aromatic heterocycles. The Kier molecular flexibility index (Phi) is 3.29. The molecule has 0 bridgehead atoms. The fourth-order valence-corrected chi connectivity index (χ4v) is 2.30. The van der Waals surface area contributed by atoms with Crippen molar-refractivity contribution in [3.8, 4) is 0 Å². The van der Waals surface area contributed by atoms with Crippen molar-refractivity contribution in [2.75, 3.05) is 0 Å². The second-order valence-electron chi connectivity index (χ2n) is 5.39. The van der Waals surface area contributed by atoms with Gasteiger partial charge in [0.25, 0.3) is 5.82 Å². The zero-order valence-electron chi connectivity index (χ0n) is 10.7. The summed E-state index contributed by atoms with van der Waals surface area (Å²) in [6, 6.07) is -0.189. The SMILES string of the molecule is CC(C)(C)C(N)Cc1nn2c(C(F)(F)F)nnc2s1. The second-order valence-corrected chi connectivity index (χ2v) is 6.43. The van der Waals surface area contributed by atoms with Gasteiger partial charge in [-0.05, 0) is 5.41 Å². The van der Waals surface area contributed by atoms with E-state index in [9.17, 15) is 13.2 Å². The van der Waals surface area contributed by atoms with E-state index >= 15 is 0 Å². The van der Waals surface area contributed by atoms with Crippen LogP contribution in [-0.4, -0.2) is 25.9 Å². The van der Waals surface area contributed by atoms with Gasteiger partial charge in [0.15, 0.2) is 0 Å². The number of hydrogen-bond acceptors (Lipinski definition) is 5. The lowest BCUT2D eigenvalue weighted by atomic mass is 9.86. The Balaban J connectivity index is 2.31. The summed E-state index contributed by atoms with van der Waals surface area (Å²) < 4.78 is 38.6. The van der Waals surface area contributed by atoms with E-state index in [2.05, 4.69) is 15.3 Å². The minimum absolute atomic E-state index is 0.128. The molecule has 0 aliphatic carbocycles. The first-order valence-corrected chi connectivity index (χ1v) is 6.44. The highest BCUT2D eigenvalue weighted by Crippen LogP contribution is 2.29. The Bertz CT molecular complexity index is 580. The van der Waals surface area contributed by atoms with Crippen molar-refractivity contribution in [3.63, 3.8) is 0 Å². The minimum atomic E-state index is -4.56. The molecule has 1 atom stereocenters. The van der Waals surface area contributed by atoms with Crippen LogP contribution >= 0.6 is 11.3 Å². The van der Waals surface area contributed by atoms with Crippen molar-refractivity contribution in [2.24, 2.45) is 11.1 Å². The molecule has 0 aliphatic heterocycles. The molecular formula is C10H14F3N5S. The Labute approximate surface area is 111 Å². The second kappa shape index (κ2) is 4.41. The van der Waals surface area contributed by atoms with Gasteiger partial charge in [-0.3, -0.25) is 0 Å². The highest BCUT2D eigenvalue weighted by Gasteiger charge is 2.38. The molecule has 19 heavy (non-hydrogen) atoms. The van der Waals surface area contributed by atoms with Crippen molar-refractivity contribution >= 4 is 16.3 Å². The number of nitrogens with two attached hydrogens (primary N) is 1. The fourth-order valence-electron chi connectivity index (χ4n) is 1.41. The van der Waals surface area contributed by atoms with Crippen LogP contribution in [0.2, 0.25) is 0 Å². The molecule has 0 amide bonds. The van der Waals surface area contributed by atoms with Gasteiger partial charge >= 0.3 is 6.18 Å². The first-order valence-electron chi connectivity index (χ1n) is 5.63. The summed E-state index contributed by atoms with van der Waals surface area (Å²) in [6.45, 7) is 5.91. The molecule has 2 heterocycles. The van der Waals surface area contributed by atoms with E-state index in [1.54, 1.807) is 0 Å². The zero-order valence-corrected chi connectivity index (χ0v) is 11.5. The van der Waals surface area contributed by atoms with Gasteiger partial charge in [0.05, 0.1) is 0 Å². The summed E-state index contributed by atoms with van der Waals surface area (Å²) in [7, 11) is 0. The highest BCUT2D eigenvalue weighted by atomic mass is 32.1. The molecule has 106 valence electrons. The third-order valence-electron chi connectivity index (χ3n) is 2.79. The average Bonchev–Trinajstić information content (AvgIpc) is 2.72. The molecule has 2 rings (SSSR count). The van der Waals surface area contributed by atoms with E-state index in [1.165, 1.54) is 0 Å². The van der Waals surface area contributed by atoms with Crippen molar-refractivity contribution in [3.05, 3.63) is 10.8 Å². The predicted octanol–water partition coefficient (Wildman–Crippen LogP) is 2.12. The van der Waals surface area contributed by atoms with Gasteiger partial charge in [0, 0.05) is 12.5 Å². The number of hydrogen-bond donors (Lipinski definition) is 1. The lowest BCUT2D eigenvalue weighted by Gasteiger charge is -2.25. The van der Waals surface area contributed by atoms with Crippen LogP contribution in [0.3, 0.4) is 0 Å². The Hall–Kier alpha value is -1.22. The summed E-state index contributed by atoms with van der Waals surface area (Å²) in [5.41, 5.74) is 5.86. The molecule has 1 unspecified atom stereocenters. The molecule has 2 N–H and O–H groups in total. The standard InChI is InChI=1S/C10H14F3N5S/c1-9(2,3)5(14)4-6-17-18-7(10(11,12)13)15-16-8(18)19-6/h5H,4,14H2,1-3H3. The Morgan fingerprint density at radius 1 is 1.26 bits per heavy atom. The number of rotatable bonds is 2. The van der Waals surface area contributed by atoms with E-state index in [-0.39, 0.29) is 16.4 Å². The molecule has 5 nitrogen and oxygen atoms in total. The Morgan fingerprint density at radius 3 is 2.42 bits per heavy atom. The van der Waals surface area contributed by atoms with Gasteiger partial charge in [-0.15, -0.1) is 10.2 Å². The Morgan fingerprint density at radius 2 is 1.89 bits per heavy atom. The number of nitrogens with zero attached hydrogens (tertiary/aromatic N) is 4. The highest BCUT2D eigenvalue weighted by molar-refractivity contribution is 7.16. The van der Waals surface area contributed by atoms with Crippen LogP contribution in [0.15, 0.2) is 0 Å². The predicted molar refractivity (Wildman–Crippen MR) is 64.8 cm³/mol. The molecule has 0 fully saturated rings. The monoisotopic (exact) mass is 293 g/mol. The normalized spacial score (nSPS) is 15.1. The van der Waals surface area contributed by atoms with Crippen molar-refractivity contribution in [1.82, 2.24) is 19.8 Å². The largest absolute Gasteiger partial charge is 0.453 e. The first-order chi connectivity index (χ1) is 8.59. The number of fused-ring (bicyclic) bond motifs is 1. The van der Waals surface area contributed by atoms with Gasteiger partial charge in [-0.25, -0.2) is 0 Å². The van der Waals surface area contributed by atoms with Crippen LogP contribution in [0, 0.1) is 5.41 Å². The maximum Gasteiger partial charge on any atom is 0.453 e. The van der Waals surface area contributed by atoms with E-state index < -0.39 is 12.0 Å². The van der Waals surface area contributed by atoms with Gasteiger partial charge in [-0.1, -0.05) is 32.1 Å². The maximum atomic E-state index is 12.6. The quantitative estimate of drug-likeness (QED) is 0.921. The number of halogens is 3. The van der Waals surface area contributed by atoms with Crippen molar-refractivity contribution in [1.29, 1.82) is 0 Å². The minimum Gasteiger partial charge on any atom is -0.327 e. The number of aromatic nitrogens is 4. The lowest BCUT2D eigenvalue weighted by Crippen LogP contribution is -2.36. The fraction of sp³-hybridized carbons (Fsp3) is 0.700. The summed E-state index contributed by atoms with van der Waals surface area (Å²) in [5, 5.41) is 11.0. The summed E-state index contributed by atoms with van der Waals surface area (Å²) in [6.07, 6.45) is -4.15. The van der Waals surface area contributed by atoms with E-state index in [0.29, 0.717) is 11.4 Å². The molecule has 0 saturated heterocycles. The molecule has 2 aromatic rings. The molecule has 0 aliphatic rings. The van der Waals surface area contributed by atoms with Crippen molar-refractivity contribution in [2.45, 2.75) is 39.4 Å². The third kappa shape index (κ3) is 2.86. The lowest BCUT2D eigenvalue weighted by molar-refractivity contribution is -0.146. The topological polar surface area (TPSA) is 69.1 Å². The molecule has 0 aromatic carbocycles. The zero-order chi connectivity index (χ0) is 14.4. The summed E-state index contributed by atoms with van der Waals surface area (Å²) in [4.78, 5) is 0.128. The van der Waals surface area contributed by atoms with Gasteiger partial charge < -0.3 is 5.73 Å². The molecule has 0 spiro atoms. The van der Waals surface area contributed by atoms with Crippen LogP contribution in [0.1, 0.15) is 31.6 Å². The van der Waals surface area contributed by atoms with E-state index in [1.807, 2.05) is 20.8 Å². The van der Waals surface area contributed by atoms with Crippen LogP contribution in [0.5, 0.6) is 0 Å². The van der Waals surface area contributed by atoms with Crippen LogP contribution < -0.4 is 5.73 Å². The number of alkyl halides is 3. The van der Waals surface area contributed by atoms with Gasteiger partial charge in [0.1, 0.15) is 5.01 Å². The van der Waals surface area contributed by atoms with E-state index in [0.717, 1.165) is 15.9 Å². The third-order valence-corrected chi connectivity index (χ3v) is 3.71. The smallest absolute Gasteiger partial charge is 0.327 e. The van der Waals surface area contributed by atoms with Gasteiger partial charge in [-0.2, -0.15) is 22.8 Å². The molecule has 0 saturated carbocycles. The van der Waals surface area contributed by atoms with E-state index in [4.69, 9.17) is 5.73 Å². The van der Waals surface area contributed by atoms with Crippen LogP contribution in [0.25, 0.3) is 4.96 Å². The summed E-state index contributed by atoms with van der Waals surface area (Å²) in [5.74, 6) is -1.10. The van der Waals surface area contributed by atoms with Crippen LogP contribution in [0.4, 0.5) is 13.2 Å². The molecule has 9 heteroatoms. The maximum absolute atomic E-state index is 12.6. The summed E-state index contributed by atoms with van der Waals surface area (Å²) >= 11 is 1.08. The molecule has 0 radical (unpaired) electrons. The van der Waals surface area contributed by atoms with Gasteiger partial charge in [0.2, 0.25) is 4.96 Å². The average molecular weight is 293 g/mol. The first kappa shape index (κ1) is 14.2. The molecular weight excluding hydrogens is 279 g/mol. The van der Waals surface area contributed by atoms with Crippen molar-refractivity contribution < 1.29 is 13.2 Å². The van der Waals surface area contributed by atoms with Crippen LogP contribution in [-0.2, 0) is 12.6 Å².